The van der Waals surface area contributed by atoms with Gasteiger partial charge >= 0.3 is 0 Å². The lowest BCUT2D eigenvalue weighted by atomic mass is 10.1. The van der Waals surface area contributed by atoms with Crippen LogP contribution >= 0.6 is 11.6 Å². The number of carbonyl (C=O) groups excluding carboxylic acids is 2. The molecule has 2 N–H and O–H groups in total. The number of hydrogen-bond donors (Lipinski definition) is 2. The first-order valence-corrected chi connectivity index (χ1v) is 8.44. The van der Waals surface area contributed by atoms with E-state index >= 15 is 0 Å². The van der Waals surface area contributed by atoms with Crippen LogP contribution in [0.15, 0.2) is 59.0 Å². The molecule has 9 heteroatoms. The highest BCUT2D eigenvalue weighted by molar-refractivity contribution is 6.33. The lowest BCUT2D eigenvalue weighted by Gasteiger charge is -2.06. The Morgan fingerprint density at radius 1 is 1.00 bits per heavy atom. The van der Waals surface area contributed by atoms with Gasteiger partial charge in [0.25, 0.3) is 11.6 Å². The van der Waals surface area contributed by atoms with E-state index in [0.29, 0.717) is 22.7 Å². The average molecular weight is 400 g/mol. The SMILES string of the molecule is CC(=O)Nc1ccc(NC(=O)c2ccc(-c3ccc([N+](=O)[O-])cc3Cl)o2)cc1. The molecule has 0 atom stereocenters. The minimum absolute atomic E-state index is 0.0513. The Kier molecular flexibility index (Phi) is 5.42. The second kappa shape index (κ2) is 7.93. The number of nitrogens with zero attached hydrogens (tertiary/aromatic N) is 1. The number of amides is 2. The molecule has 1 aromatic heterocycles. The molecule has 3 rings (SSSR count). The summed E-state index contributed by atoms with van der Waals surface area (Å²) < 4.78 is 5.54. The summed E-state index contributed by atoms with van der Waals surface area (Å²) in [6.45, 7) is 1.40. The van der Waals surface area contributed by atoms with Gasteiger partial charge in [-0.15, -0.1) is 0 Å². The number of benzene rings is 2. The van der Waals surface area contributed by atoms with Gasteiger partial charge in [-0.2, -0.15) is 0 Å². The summed E-state index contributed by atoms with van der Waals surface area (Å²) in [5.41, 5.74) is 1.43. The number of nitrogens with one attached hydrogen (secondary N) is 2. The van der Waals surface area contributed by atoms with Crippen molar-refractivity contribution in [2.24, 2.45) is 0 Å². The highest BCUT2D eigenvalue weighted by Crippen LogP contribution is 2.32. The van der Waals surface area contributed by atoms with Gasteiger partial charge in [-0.1, -0.05) is 11.6 Å². The Labute approximate surface area is 164 Å². The molecule has 8 nitrogen and oxygen atoms in total. The monoisotopic (exact) mass is 399 g/mol. The summed E-state index contributed by atoms with van der Waals surface area (Å²) in [4.78, 5) is 33.6. The van der Waals surface area contributed by atoms with E-state index in [1.807, 2.05) is 0 Å². The lowest BCUT2D eigenvalue weighted by molar-refractivity contribution is -0.384. The van der Waals surface area contributed by atoms with Crippen LogP contribution in [0.3, 0.4) is 0 Å². The molecule has 142 valence electrons. The summed E-state index contributed by atoms with van der Waals surface area (Å²) in [5.74, 6) is -0.303. The minimum Gasteiger partial charge on any atom is -0.451 e. The zero-order valence-electron chi connectivity index (χ0n) is 14.6. The van der Waals surface area contributed by atoms with Crippen molar-refractivity contribution in [3.63, 3.8) is 0 Å². The highest BCUT2D eigenvalue weighted by Gasteiger charge is 2.16. The molecule has 2 aromatic carbocycles. The maximum atomic E-state index is 12.4. The highest BCUT2D eigenvalue weighted by atomic mass is 35.5. The van der Waals surface area contributed by atoms with Gasteiger partial charge < -0.3 is 15.1 Å². The van der Waals surface area contributed by atoms with Crippen molar-refractivity contribution in [2.75, 3.05) is 10.6 Å². The summed E-state index contributed by atoms with van der Waals surface area (Å²) in [6, 6.07) is 13.6. The molecule has 0 aliphatic rings. The Balaban J connectivity index is 1.74. The van der Waals surface area contributed by atoms with Crippen LogP contribution in [0, 0.1) is 10.1 Å². The number of halogens is 1. The molecule has 0 saturated carbocycles. The van der Waals surface area contributed by atoms with Crippen LogP contribution in [0.5, 0.6) is 0 Å². The number of non-ortho nitro benzene ring substituents is 1. The van der Waals surface area contributed by atoms with E-state index in [-0.39, 0.29) is 22.4 Å². The van der Waals surface area contributed by atoms with Gasteiger partial charge in [0.05, 0.1) is 9.95 Å². The zero-order chi connectivity index (χ0) is 20.3. The fourth-order valence-electron chi connectivity index (χ4n) is 2.45. The fraction of sp³-hybridized carbons (Fsp3) is 0.0526. The lowest BCUT2D eigenvalue weighted by Crippen LogP contribution is -2.11. The first-order valence-electron chi connectivity index (χ1n) is 8.06. The van der Waals surface area contributed by atoms with Crippen LogP contribution in [-0.2, 0) is 4.79 Å². The molecule has 28 heavy (non-hydrogen) atoms. The molecule has 0 spiro atoms. The van der Waals surface area contributed by atoms with Crippen molar-refractivity contribution in [1.82, 2.24) is 0 Å². The molecule has 0 unspecified atom stereocenters. The number of anilines is 2. The molecule has 0 bridgehead atoms. The molecule has 0 aliphatic carbocycles. The van der Waals surface area contributed by atoms with Crippen molar-refractivity contribution >= 4 is 40.5 Å². The first-order chi connectivity index (χ1) is 13.3. The van der Waals surface area contributed by atoms with E-state index in [1.165, 1.54) is 31.2 Å². The van der Waals surface area contributed by atoms with E-state index in [1.54, 1.807) is 30.3 Å². The van der Waals surface area contributed by atoms with Crippen molar-refractivity contribution in [1.29, 1.82) is 0 Å². The topological polar surface area (TPSA) is 114 Å². The molecule has 1 heterocycles. The molecular weight excluding hydrogens is 386 g/mol. The zero-order valence-corrected chi connectivity index (χ0v) is 15.3. The maximum absolute atomic E-state index is 12.4. The smallest absolute Gasteiger partial charge is 0.291 e. The van der Waals surface area contributed by atoms with Crippen molar-refractivity contribution in [3.05, 3.63) is 75.5 Å². The first kappa shape index (κ1) is 19.1. The molecule has 0 saturated heterocycles. The number of furan rings is 1. The van der Waals surface area contributed by atoms with E-state index in [9.17, 15) is 19.7 Å². The van der Waals surface area contributed by atoms with Crippen molar-refractivity contribution in [2.45, 2.75) is 6.92 Å². The standard InChI is InChI=1S/C19H14ClN3O5/c1-11(24)21-12-2-4-13(5-3-12)22-19(25)18-9-8-17(28-18)15-7-6-14(23(26)27)10-16(15)20/h2-10H,1H3,(H,21,24)(H,22,25). The van der Waals surface area contributed by atoms with Crippen molar-refractivity contribution in [3.8, 4) is 11.3 Å². The Morgan fingerprint density at radius 3 is 2.21 bits per heavy atom. The van der Waals surface area contributed by atoms with Crippen LogP contribution in [0.2, 0.25) is 5.02 Å². The van der Waals surface area contributed by atoms with Gasteiger partial charge in [0.2, 0.25) is 5.91 Å². The van der Waals surface area contributed by atoms with E-state index < -0.39 is 10.8 Å². The maximum Gasteiger partial charge on any atom is 0.291 e. The average Bonchev–Trinajstić information content (AvgIpc) is 3.12. The predicted molar refractivity (Wildman–Crippen MR) is 105 cm³/mol. The second-order valence-corrected chi connectivity index (χ2v) is 6.21. The third-order valence-electron chi connectivity index (χ3n) is 3.72. The number of hydrogen-bond acceptors (Lipinski definition) is 5. The summed E-state index contributed by atoms with van der Waals surface area (Å²) >= 11 is 6.08. The second-order valence-electron chi connectivity index (χ2n) is 5.80. The number of nitro groups is 1. The Morgan fingerprint density at radius 2 is 1.64 bits per heavy atom. The van der Waals surface area contributed by atoms with Gasteiger partial charge in [-0.05, 0) is 42.5 Å². The van der Waals surface area contributed by atoms with E-state index in [0.717, 1.165) is 0 Å². The molecule has 0 radical (unpaired) electrons. The van der Waals surface area contributed by atoms with Crippen LogP contribution in [0.4, 0.5) is 17.1 Å². The molecule has 3 aromatic rings. The van der Waals surface area contributed by atoms with Crippen LogP contribution < -0.4 is 10.6 Å². The fourth-order valence-corrected chi connectivity index (χ4v) is 2.72. The number of rotatable bonds is 5. The van der Waals surface area contributed by atoms with Crippen molar-refractivity contribution < 1.29 is 18.9 Å². The van der Waals surface area contributed by atoms with Crippen LogP contribution in [0.25, 0.3) is 11.3 Å². The van der Waals surface area contributed by atoms with Gasteiger partial charge in [-0.3, -0.25) is 19.7 Å². The van der Waals surface area contributed by atoms with E-state index in [2.05, 4.69) is 10.6 Å². The molecule has 2 amide bonds. The Hall–Kier alpha value is -3.65. The normalized spacial score (nSPS) is 10.4. The quantitative estimate of drug-likeness (QED) is 0.476. The largest absolute Gasteiger partial charge is 0.451 e. The molecule has 0 aliphatic heterocycles. The van der Waals surface area contributed by atoms with Gasteiger partial charge in [0, 0.05) is 36.0 Å². The summed E-state index contributed by atoms with van der Waals surface area (Å²) in [5, 5.41) is 16.2. The van der Waals surface area contributed by atoms with Gasteiger partial charge in [0.15, 0.2) is 5.76 Å². The van der Waals surface area contributed by atoms with E-state index in [4.69, 9.17) is 16.0 Å². The molecular formula is C19H14ClN3O5. The third-order valence-corrected chi connectivity index (χ3v) is 4.03. The predicted octanol–water partition coefficient (Wildman–Crippen LogP) is 4.72. The summed E-state index contributed by atoms with van der Waals surface area (Å²) in [7, 11) is 0. The third kappa shape index (κ3) is 4.36. The molecule has 0 fully saturated rings. The number of nitro benzene ring substituents is 1. The van der Waals surface area contributed by atoms with Gasteiger partial charge in [0.1, 0.15) is 5.76 Å². The van der Waals surface area contributed by atoms with Crippen LogP contribution in [-0.4, -0.2) is 16.7 Å². The van der Waals surface area contributed by atoms with Gasteiger partial charge in [-0.25, -0.2) is 0 Å². The minimum atomic E-state index is -0.548. The van der Waals surface area contributed by atoms with Crippen LogP contribution in [0.1, 0.15) is 17.5 Å². The summed E-state index contributed by atoms with van der Waals surface area (Å²) in [6.07, 6.45) is 0. The Bertz CT molecular complexity index is 1060. The number of carbonyl (C=O) groups is 2.